The summed E-state index contributed by atoms with van der Waals surface area (Å²) < 4.78 is 27.8. The number of rotatable bonds is 4. The lowest BCUT2D eigenvalue weighted by atomic mass is 9.93. The lowest BCUT2D eigenvalue weighted by Gasteiger charge is -2.32. The molecule has 31 heavy (non-hydrogen) atoms. The Labute approximate surface area is 180 Å². The predicted octanol–water partition coefficient (Wildman–Crippen LogP) is 4.38. The fourth-order valence-electron chi connectivity index (χ4n) is 4.05. The number of carbonyl (C=O) groups excluding carboxylic acids is 1. The van der Waals surface area contributed by atoms with E-state index < -0.39 is 11.6 Å². The quantitative estimate of drug-likeness (QED) is 0.626. The van der Waals surface area contributed by atoms with Gasteiger partial charge < -0.3 is 4.90 Å². The number of carbonyl (C=O) groups is 1. The number of halogens is 2. The Bertz CT molecular complexity index is 1080. The van der Waals surface area contributed by atoms with E-state index in [4.69, 9.17) is 0 Å². The minimum Gasteiger partial charge on any atom is -0.338 e. The molecule has 0 unspecified atom stereocenters. The average molecular weight is 422 g/mol. The predicted molar refractivity (Wildman–Crippen MR) is 113 cm³/mol. The number of aromatic nitrogens is 3. The third-order valence-corrected chi connectivity index (χ3v) is 5.75. The summed E-state index contributed by atoms with van der Waals surface area (Å²) >= 11 is 0. The molecule has 2 aromatic heterocycles. The Morgan fingerprint density at radius 2 is 1.87 bits per heavy atom. The van der Waals surface area contributed by atoms with E-state index in [-0.39, 0.29) is 23.8 Å². The number of hydrogen-bond acceptors (Lipinski definition) is 4. The Balaban J connectivity index is 1.46. The Morgan fingerprint density at radius 3 is 2.55 bits per heavy atom. The molecule has 1 saturated heterocycles. The minimum absolute atomic E-state index is 0.0437. The van der Waals surface area contributed by atoms with Gasteiger partial charge in [-0.15, -0.1) is 0 Å². The van der Waals surface area contributed by atoms with Crippen molar-refractivity contribution in [3.05, 3.63) is 88.3 Å². The molecule has 160 valence electrons. The van der Waals surface area contributed by atoms with Crippen molar-refractivity contribution >= 4 is 5.91 Å². The van der Waals surface area contributed by atoms with E-state index >= 15 is 0 Å². The lowest BCUT2D eigenvalue weighted by Crippen LogP contribution is -2.39. The molecule has 3 heterocycles. The molecule has 0 aliphatic carbocycles. The number of amides is 1. The van der Waals surface area contributed by atoms with Crippen LogP contribution in [0.15, 0.2) is 42.7 Å². The molecule has 1 atom stereocenters. The molecule has 7 heteroatoms. The van der Waals surface area contributed by atoms with Gasteiger partial charge in [0.1, 0.15) is 17.5 Å². The molecule has 0 N–H and O–H groups in total. The minimum atomic E-state index is -0.555. The zero-order chi connectivity index (χ0) is 22.0. The van der Waals surface area contributed by atoms with Crippen molar-refractivity contribution in [1.82, 2.24) is 19.9 Å². The highest BCUT2D eigenvalue weighted by molar-refractivity contribution is 5.95. The van der Waals surface area contributed by atoms with Gasteiger partial charge in [-0.2, -0.15) is 0 Å². The van der Waals surface area contributed by atoms with Crippen LogP contribution < -0.4 is 0 Å². The highest BCUT2D eigenvalue weighted by atomic mass is 19.1. The largest absolute Gasteiger partial charge is 0.338 e. The summed E-state index contributed by atoms with van der Waals surface area (Å²) in [6.45, 7) is 4.88. The van der Waals surface area contributed by atoms with Crippen LogP contribution in [-0.4, -0.2) is 38.8 Å². The summed E-state index contributed by atoms with van der Waals surface area (Å²) in [5, 5.41) is 0. The number of pyridine rings is 1. The van der Waals surface area contributed by atoms with Crippen LogP contribution >= 0.6 is 0 Å². The lowest BCUT2D eigenvalue weighted by molar-refractivity contribution is 0.0704. The van der Waals surface area contributed by atoms with E-state index in [9.17, 15) is 13.6 Å². The third-order valence-electron chi connectivity index (χ3n) is 5.75. The molecular formula is C24H24F2N4O. The van der Waals surface area contributed by atoms with E-state index in [1.54, 1.807) is 19.3 Å². The number of piperidine rings is 1. The average Bonchev–Trinajstić information content (AvgIpc) is 2.76. The normalized spacial score (nSPS) is 16.4. The molecule has 0 saturated carbocycles. The van der Waals surface area contributed by atoms with Gasteiger partial charge in [0.05, 0.1) is 11.3 Å². The van der Waals surface area contributed by atoms with Crippen LogP contribution in [0.3, 0.4) is 0 Å². The molecule has 1 aliphatic heterocycles. The van der Waals surface area contributed by atoms with Crippen molar-refractivity contribution in [2.45, 2.75) is 39.0 Å². The summed E-state index contributed by atoms with van der Waals surface area (Å²) in [5.41, 5.74) is 2.88. The van der Waals surface area contributed by atoms with Crippen molar-refractivity contribution in [1.29, 1.82) is 0 Å². The van der Waals surface area contributed by atoms with Crippen LogP contribution in [0.1, 0.15) is 57.5 Å². The Hall–Kier alpha value is -3.22. The van der Waals surface area contributed by atoms with E-state index in [0.717, 1.165) is 24.1 Å². The van der Waals surface area contributed by atoms with Crippen LogP contribution in [0.2, 0.25) is 0 Å². The first-order valence-electron chi connectivity index (χ1n) is 10.4. The summed E-state index contributed by atoms with van der Waals surface area (Å²) in [6, 6.07) is 7.62. The van der Waals surface area contributed by atoms with Crippen molar-refractivity contribution in [3.63, 3.8) is 0 Å². The molecule has 4 rings (SSSR count). The topological polar surface area (TPSA) is 59.0 Å². The highest BCUT2D eigenvalue weighted by Crippen LogP contribution is 2.27. The van der Waals surface area contributed by atoms with Crippen LogP contribution in [0.4, 0.5) is 8.78 Å². The molecule has 0 spiro atoms. The maximum Gasteiger partial charge on any atom is 0.257 e. The number of aryl methyl sites for hydroxylation is 2. The molecule has 3 aromatic rings. The molecule has 0 radical (unpaired) electrons. The van der Waals surface area contributed by atoms with Gasteiger partial charge in [-0.3, -0.25) is 9.78 Å². The third kappa shape index (κ3) is 4.60. The van der Waals surface area contributed by atoms with Crippen molar-refractivity contribution in [2.75, 3.05) is 13.1 Å². The Morgan fingerprint density at radius 1 is 1.10 bits per heavy atom. The molecule has 1 fully saturated rings. The van der Waals surface area contributed by atoms with Crippen molar-refractivity contribution in [3.8, 4) is 0 Å². The molecule has 5 nitrogen and oxygen atoms in total. The van der Waals surface area contributed by atoms with E-state index in [0.29, 0.717) is 30.2 Å². The van der Waals surface area contributed by atoms with Gasteiger partial charge in [-0.25, -0.2) is 18.7 Å². The SMILES string of the molecule is Cc1ncc(C(=O)N2CCC[C@@H](c3ccc(Cc4c(F)cccc4F)cn3)C2)c(C)n1. The van der Waals surface area contributed by atoms with Gasteiger partial charge in [0.25, 0.3) is 5.91 Å². The molecule has 0 bridgehead atoms. The highest BCUT2D eigenvalue weighted by Gasteiger charge is 2.27. The van der Waals surface area contributed by atoms with E-state index in [2.05, 4.69) is 15.0 Å². The van der Waals surface area contributed by atoms with Crippen LogP contribution in [0, 0.1) is 25.5 Å². The smallest absolute Gasteiger partial charge is 0.257 e. The maximum atomic E-state index is 13.9. The van der Waals surface area contributed by atoms with Gasteiger partial charge in [0, 0.05) is 49.1 Å². The second-order valence-electron chi connectivity index (χ2n) is 7.97. The number of benzene rings is 1. The van der Waals surface area contributed by atoms with Gasteiger partial charge in [0.2, 0.25) is 0 Å². The van der Waals surface area contributed by atoms with Crippen LogP contribution in [0.25, 0.3) is 0 Å². The first-order valence-corrected chi connectivity index (χ1v) is 10.4. The Kier molecular flexibility index (Phi) is 6.02. The zero-order valence-electron chi connectivity index (χ0n) is 17.6. The number of hydrogen-bond donors (Lipinski definition) is 0. The van der Waals surface area contributed by atoms with E-state index in [1.807, 2.05) is 24.0 Å². The first-order chi connectivity index (χ1) is 14.9. The number of likely N-dealkylation sites (tertiary alicyclic amines) is 1. The van der Waals surface area contributed by atoms with Crippen LogP contribution in [0.5, 0.6) is 0 Å². The van der Waals surface area contributed by atoms with Crippen LogP contribution in [-0.2, 0) is 6.42 Å². The zero-order valence-corrected chi connectivity index (χ0v) is 17.6. The summed E-state index contributed by atoms with van der Waals surface area (Å²) in [6.07, 6.45) is 5.22. The van der Waals surface area contributed by atoms with Gasteiger partial charge in [-0.1, -0.05) is 12.1 Å². The summed E-state index contributed by atoms with van der Waals surface area (Å²) in [4.78, 5) is 27.8. The standard InChI is InChI=1S/C24H24F2N4O/c1-15-20(13-27-16(2)29-15)24(31)30-10-4-5-18(14-30)23-9-8-17(12-28-23)11-19-21(25)6-3-7-22(19)26/h3,6-9,12-13,18H,4-5,10-11,14H2,1-2H3/t18-/m1/s1. The molecule has 1 aliphatic rings. The van der Waals surface area contributed by atoms with Gasteiger partial charge >= 0.3 is 0 Å². The van der Waals surface area contributed by atoms with Crippen molar-refractivity contribution in [2.24, 2.45) is 0 Å². The number of nitrogens with zero attached hydrogens (tertiary/aromatic N) is 4. The molecule has 1 amide bonds. The fraction of sp³-hybridized carbons (Fsp3) is 0.333. The molecular weight excluding hydrogens is 398 g/mol. The van der Waals surface area contributed by atoms with Gasteiger partial charge in [0.15, 0.2) is 0 Å². The second kappa shape index (κ2) is 8.88. The van der Waals surface area contributed by atoms with E-state index in [1.165, 1.54) is 18.2 Å². The van der Waals surface area contributed by atoms with Gasteiger partial charge in [-0.05, 0) is 50.5 Å². The van der Waals surface area contributed by atoms with Crippen molar-refractivity contribution < 1.29 is 13.6 Å². The monoisotopic (exact) mass is 422 g/mol. The summed E-state index contributed by atoms with van der Waals surface area (Å²) in [7, 11) is 0. The first kappa shape index (κ1) is 21.0. The molecule has 1 aromatic carbocycles. The fourth-order valence-corrected chi connectivity index (χ4v) is 4.05. The maximum absolute atomic E-state index is 13.9. The second-order valence-corrected chi connectivity index (χ2v) is 7.97. The summed E-state index contributed by atoms with van der Waals surface area (Å²) in [5.74, 6) is -0.413.